The van der Waals surface area contributed by atoms with Crippen molar-refractivity contribution in [2.24, 2.45) is 0 Å². The molecule has 3 aliphatic rings. The van der Waals surface area contributed by atoms with E-state index in [4.69, 9.17) is 9.47 Å². The lowest BCUT2D eigenvalue weighted by Gasteiger charge is -2.34. The lowest BCUT2D eigenvalue weighted by Crippen LogP contribution is -2.42. The molecule has 3 heterocycles. The van der Waals surface area contributed by atoms with Crippen molar-refractivity contribution in [2.45, 2.75) is 50.9 Å². The molecule has 0 aromatic rings. The summed E-state index contributed by atoms with van der Waals surface area (Å²) in [6, 6.07) is 0. The zero-order valence-corrected chi connectivity index (χ0v) is 11.1. The summed E-state index contributed by atoms with van der Waals surface area (Å²) in [6.45, 7) is 6.29. The first kappa shape index (κ1) is 11.8. The quantitative estimate of drug-likeness (QED) is 0.619. The van der Waals surface area contributed by atoms with Gasteiger partial charge in [-0.2, -0.15) is 0 Å². The van der Waals surface area contributed by atoms with Crippen LogP contribution in [0.4, 0.5) is 4.79 Å². The predicted molar refractivity (Wildman–Crippen MR) is 67.0 cm³/mol. The van der Waals surface area contributed by atoms with E-state index in [0.717, 1.165) is 12.8 Å². The lowest BCUT2D eigenvalue weighted by molar-refractivity contribution is 0.0132. The number of fused-ring (bicyclic) bond motifs is 1. The second-order valence-electron chi connectivity index (χ2n) is 6.19. The average molecular weight is 249 g/mol. The Balaban J connectivity index is 1.77. The summed E-state index contributed by atoms with van der Waals surface area (Å²) < 4.78 is 11.3. The van der Waals surface area contributed by atoms with E-state index in [2.05, 4.69) is 12.2 Å². The summed E-state index contributed by atoms with van der Waals surface area (Å²) in [5.74, 6) is 0. The maximum Gasteiger partial charge on any atom is 0.414 e. The molecule has 0 aliphatic carbocycles. The molecule has 1 fully saturated rings. The summed E-state index contributed by atoms with van der Waals surface area (Å²) in [5, 5.41) is 0. The summed E-state index contributed by atoms with van der Waals surface area (Å²) in [6.07, 6.45) is 7.84. The molecule has 0 aromatic carbocycles. The van der Waals surface area contributed by atoms with Crippen LogP contribution in [0.1, 0.15) is 33.6 Å². The first-order valence-corrected chi connectivity index (χ1v) is 6.46. The average Bonchev–Trinajstić information content (AvgIpc) is 2.81. The number of nitrogens with zero attached hydrogens (tertiary/aromatic N) is 1. The van der Waals surface area contributed by atoms with Crippen molar-refractivity contribution in [3.8, 4) is 0 Å². The van der Waals surface area contributed by atoms with Crippen LogP contribution in [0.5, 0.6) is 0 Å². The third-order valence-electron chi connectivity index (χ3n) is 3.57. The molecule has 2 atom stereocenters. The molecule has 18 heavy (non-hydrogen) atoms. The minimum Gasteiger partial charge on any atom is -0.443 e. The first-order chi connectivity index (χ1) is 8.38. The van der Waals surface area contributed by atoms with E-state index < -0.39 is 5.60 Å². The Labute approximate surface area is 107 Å². The molecule has 4 nitrogen and oxygen atoms in total. The van der Waals surface area contributed by atoms with Gasteiger partial charge in [0.15, 0.2) is 0 Å². The molecule has 1 amide bonds. The van der Waals surface area contributed by atoms with Crippen LogP contribution in [0.3, 0.4) is 0 Å². The maximum absolute atomic E-state index is 12.0. The highest BCUT2D eigenvalue weighted by Crippen LogP contribution is 2.46. The first-order valence-electron chi connectivity index (χ1n) is 6.46. The SMILES string of the molecule is CC(C)(C)OC(=O)N1C=C2C[C@@H]3C=C[C@@]2(CC1)O3. The topological polar surface area (TPSA) is 38.8 Å². The second kappa shape index (κ2) is 3.60. The van der Waals surface area contributed by atoms with E-state index in [1.165, 1.54) is 5.57 Å². The minimum absolute atomic E-state index is 0.204. The van der Waals surface area contributed by atoms with Crippen LogP contribution in [0.25, 0.3) is 0 Å². The maximum atomic E-state index is 12.0. The van der Waals surface area contributed by atoms with Gasteiger partial charge in [-0.1, -0.05) is 6.08 Å². The van der Waals surface area contributed by atoms with Crippen molar-refractivity contribution >= 4 is 6.09 Å². The highest BCUT2D eigenvalue weighted by molar-refractivity contribution is 5.70. The van der Waals surface area contributed by atoms with Crippen molar-refractivity contribution in [3.63, 3.8) is 0 Å². The Morgan fingerprint density at radius 1 is 1.56 bits per heavy atom. The van der Waals surface area contributed by atoms with Crippen LogP contribution in [-0.4, -0.2) is 34.8 Å². The number of ether oxygens (including phenoxy) is 2. The molecular formula is C14H19NO3. The van der Waals surface area contributed by atoms with Gasteiger partial charge in [-0.15, -0.1) is 0 Å². The monoisotopic (exact) mass is 249 g/mol. The Bertz CT molecular complexity index is 446. The van der Waals surface area contributed by atoms with Gasteiger partial charge in [0.05, 0.1) is 6.10 Å². The number of hydrogen-bond donors (Lipinski definition) is 0. The Morgan fingerprint density at radius 2 is 2.33 bits per heavy atom. The third kappa shape index (κ3) is 1.85. The van der Waals surface area contributed by atoms with Gasteiger partial charge in [-0.25, -0.2) is 4.79 Å². The van der Waals surface area contributed by atoms with Gasteiger partial charge < -0.3 is 9.47 Å². The van der Waals surface area contributed by atoms with Gasteiger partial charge in [0.2, 0.25) is 0 Å². The second-order valence-corrected chi connectivity index (χ2v) is 6.19. The van der Waals surface area contributed by atoms with Crippen LogP contribution in [0.15, 0.2) is 23.9 Å². The van der Waals surface area contributed by atoms with E-state index in [0.29, 0.717) is 6.54 Å². The molecule has 0 saturated carbocycles. The molecule has 1 saturated heterocycles. The Kier molecular flexibility index (Phi) is 2.36. The van der Waals surface area contributed by atoms with Gasteiger partial charge >= 0.3 is 6.09 Å². The fourth-order valence-electron chi connectivity index (χ4n) is 2.76. The van der Waals surface area contributed by atoms with Crippen LogP contribution in [0, 0.1) is 0 Å². The zero-order valence-electron chi connectivity index (χ0n) is 11.1. The molecular weight excluding hydrogens is 230 g/mol. The molecule has 0 aromatic heterocycles. The Hall–Kier alpha value is -1.29. The van der Waals surface area contributed by atoms with E-state index in [-0.39, 0.29) is 17.8 Å². The van der Waals surface area contributed by atoms with E-state index >= 15 is 0 Å². The van der Waals surface area contributed by atoms with Gasteiger partial charge in [-0.05, 0) is 32.4 Å². The van der Waals surface area contributed by atoms with E-state index in [9.17, 15) is 4.79 Å². The van der Waals surface area contributed by atoms with Gasteiger partial charge in [-0.3, -0.25) is 4.90 Å². The number of carbonyl (C=O) groups is 1. The van der Waals surface area contributed by atoms with E-state index in [1.54, 1.807) is 4.90 Å². The van der Waals surface area contributed by atoms with Crippen molar-refractivity contribution < 1.29 is 14.3 Å². The fraction of sp³-hybridized carbons (Fsp3) is 0.643. The summed E-state index contributed by atoms with van der Waals surface area (Å²) in [5.41, 5.74) is 0.533. The molecule has 3 rings (SSSR count). The fourth-order valence-corrected chi connectivity index (χ4v) is 2.76. The molecule has 98 valence electrons. The van der Waals surface area contributed by atoms with Gasteiger partial charge in [0.1, 0.15) is 11.2 Å². The van der Waals surface area contributed by atoms with Gasteiger partial charge in [0.25, 0.3) is 0 Å². The molecule has 1 spiro atoms. The Morgan fingerprint density at radius 3 is 3.00 bits per heavy atom. The number of amides is 1. The van der Waals surface area contributed by atoms with Crippen molar-refractivity contribution in [3.05, 3.63) is 23.9 Å². The number of rotatable bonds is 0. The highest BCUT2D eigenvalue weighted by atomic mass is 16.6. The molecule has 0 N–H and O–H groups in total. The molecule has 0 radical (unpaired) electrons. The summed E-state index contributed by atoms with van der Waals surface area (Å²) in [7, 11) is 0. The standard InChI is InChI=1S/C14H19NO3/c1-13(2,3)18-12(16)15-7-6-14-5-4-11(17-14)8-10(14)9-15/h4-5,9,11H,6-8H2,1-3H3/t11-,14-/m0/s1. The lowest BCUT2D eigenvalue weighted by atomic mass is 9.84. The van der Waals surface area contributed by atoms with Crippen molar-refractivity contribution in [1.82, 2.24) is 4.90 Å². The smallest absolute Gasteiger partial charge is 0.414 e. The third-order valence-corrected chi connectivity index (χ3v) is 3.57. The summed E-state index contributed by atoms with van der Waals surface area (Å²) in [4.78, 5) is 13.7. The molecule has 0 unspecified atom stereocenters. The zero-order chi connectivity index (χ0) is 13.0. The van der Waals surface area contributed by atoms with Crippen LogP contribution in [0.2, 0.25) is 0 Å². The number of hydrogen-bond acceptors (Lipinski definition) is 3. The van der Waals surface area contributed by atoms with Crippen LogP contribution >= 0.6 is 0 Å². The molecule has 3 aliphatic heterocycles. The predicted octanol–water partition coefficient (Wildman–Crippen LogP) is 2.61. The van der Waals surface area contributed by atoms with Crippen LogP contribution < -0.4 is 0 Å². The molecule has 2 bridgehead atoms. The molecule has 4 heteroatoms. The van der Waals surface area contributed by atoms with Crippen LogP contribution in [-0.2, 0) is 9.47 Å². The van der Waals surface area contributed by atoms with Crippen molar-refractivity contribution in [2.75, 3.05) is 6.54 Å². The van der Waals surface area contributed by atoms with Crippen molar-refractivity contribution in [1.29, 1.82) is 0 Å². The summed E-state index contributed by atoms with van der Waals surface area (Å²) >= 11 is 0. The largest absolute Gasteiger partial charge is 0.443 e. The number of carbonyl (C=O) groups excluding carboxylic acids is 1. The van der Waals surface area contributed by atoms with Gasteiger partial charge in [0, 0.05) is 25.6 Å². The van der Waals surface area contributed by atoms with E-state index in [1.807, 2.05) is 27.0 Å². The minimum atomic E-state index is -0.449. The highest BCUT2D eigenvalue weighted by Gasteiger charge is 2.48. The normalized spacial score (nSPS) is 33.4.